The lowest BCUT2D eigenvalue weighted by atomic mass is 9.98. The van der Waals surface area contributed by atoms with Crippen molar-refractivity contribution in [1.29, 1.82) is 0 Å². The zero-order valence-electron chi connectivity index (χ0n) is 10.4. The minimum absolute atomic E-state index is 0.00894. The second-order valence-electron chi connectivity index (χ2n) is 4.92. The average Bonchev–Trinajstić information content (AvgIpc) is 2.40. The smallest absolute Gasteiger partial charge is 0.308 e. The zero-order chi connectivity index (χ0) is 13.0. The van der Waals surface area contributed by atoms with Crippen molar-refractivity contribution in [3.05, 3.63) is 0 Å². The van der Waals surface area contributed by atoms with Gasteiger partial charge in [0.25, 0.3) is 0 Å². The molecule has 2 aliphatic heterocycles. The summed E-state index contributed by atoms with van der Waals surface area (Å²) in [5, 5.41) is 12.2. The molecule has 18 heavy (non-hydrogen) atoms. The van der Waals surface area contributed by atoms with Gasteiger partial charge in [-0.15, -0.1) is 0 Å². The van der Waals surface area contributed by atoms with Crippen molar-refractivity contribution in [2.75, 3.05) is 32.8 Å². The number of carboxylic acids is 1. The van der Waals surface area contributed by atoms with Gasteiger partial charge in [0, 0.05) is 26.2 Å². The highest BCUT2D eigenvalue weighted by Gasteiger charge is 2.29. The quantitative estimate of drug-likeness (QED) is 0.724. The maximum Gasteiger partial charge on any atom is 0.308 e. The Morgan fingerprint density at radius 3 is 2.94 bits per heavy atom. The third kappa shape index (κ3) is 3.43. The number of ether oxygens (including phenoxy) is 1. The second-order valence-corrected chi connectivity index (χ2v) is 4.92. The van der Waals surface area contributed by atoms with Gasteiger partial charge in [-0.05, 0) is 12.8 Å². The number of hydrogen-bond donors (Lipinski definition) is 2. The van der Waals surface area contributed by atoms with E-state index in [2.05, 4.69) is 5.32 Å². The van der Waals surface area contributed by atoms with E-state index in [1.807, 2.05) is 0 Å². The fraction of sp³-hybridized carbons (Fsp3) is 0.833. The summed E-state index contributed by atoms with van der Waals surface area (Å²) in [4.78, 5) is 24.7. The Bertz CT molecular complexity index is 315. The SMILES string of the molecule is O=C(O)[C@@H]1CCCN(C(=O)CC2CNCCO2)C1. The predicted octanol–water partition coefficient (Wildman–Crippen LogP) is -0.312. The predicted molar refractivity (Wildman–Crippen MR) is 64.2 cm³/mol. The molecule has 2 atom stereocenters. The Hall–Kier alpha value is -1.14. The number of aliphatic carboxylic acids is 1. The Labute approximate surface area is 106 Å². The fourth-order valence-corrected chi connectivity index (χ4v) is 2.48. The maximum absolute atomic E-state index is 12.1. The van der Waals surface area contributed by atoms with E-state index in [1.54, 1.807) is 4.90 Å². The molecule has 0 bridgehead atoms. The van der Waals surface area contributed by atoms with E-state index >= 15 is 0 Å². The molecule has 2 heterocycles. The molecule has 102 valence electrons. The molecule has 2 N–H and O–H groups in total. The maximum atomic E-state index is 12.1. The van der Waals surface area contributed by atoms with Crippen molar-refractivity contribution < 1.29 is 19.4 Å². The Balaban J connectivity index is 1.82. The molecule has 0 aromatic heterocycles. The molecule has 0 aromatic rings. The summed E-state index contributed by atoms with van der Waals surface area (Å²) in [7, 11) is 0. The summed E-state index contributed by atoms with van der Waals surface area (Å²) in [5.41, 5.74) is 0. The van der Waals surface area contributed by atoms with Crippen LogP contribution in [-0.4, -0.2) is 60.8 Å². The van der Waals surface area contributed by atoms with E-state index in [4.69, 9.17) is 9.84 Å². The monoisotopic (exact) mass is 256 g/mol. The van der Waals surface area contributed by atoms with Crippen LogP contribution in [0.25, 0.3) is 0 Å². The Kier molecular flexibility index (Phi) is 4.54. The molecule has 6 nitrogen and oxygen atoms in total. The molecule has 0 saturated carbocycles. The highest BCUT2D eigenvalue weighted by molar-refractivity contribution is 5.78. The minimum atomic E-state index is -0.803. The fourth-order valence-electron chi connectivity index (χ4n) is 2.48. The molecule has 2 saturated heterocycles. The Morgan fingerprint density at radius 2 is 2.28 bits per heavy atom. The van der Waals surface area contributed by atoms with Crippen molar-refractivity contribution in [1.82, 2.24) is 10.2 Å². The molecular weight excluding hydrogens is 236 g/mol. The van der Waals surface area contributed by atoms with E-state index < -0.39 is 11.9 Å². The number of hydrogen-bond acceptors (Lipinski definition) is 4. The molecule has 0 aliphatic carbocycles. The lowest BCUT2D eigenvalue weighted by molar-refractivity contribution is -0.146. The van der Waals surface area contributed by atoms with Gasteiger partial charge >= 0.3 is 5.97 Å². The van der Waals surface area contributed by atoms with Crippen LogP contribution in [-0.2, 0) is 14.3 Å². The topological polar surface area (TPSA) is 78.9 Å². The van der Waals surface area contributed by atoms with E-state index in [-0.39, 0.29) is 12.0 Å². The highest BCUT2D eigenvalue weighted by Crippen LogP contribution is 2.18. The van der Waals surface area contributed by atoms with Gasteiger partial charge in [0.05, 0.1) is 25.0 Å². The van der Waals surface area contributed by atoms with Crippen molar-refractivity contribution in [3.8, 4) is 0 Å². The van der Waals surface area contributed by atoms with Gasteiger partial charge in [-0.2, -0.15) is 0 Å². The number of likely N-dealkylation sites (tertiary alicyclic amines) is 1. The van der Waals surface area contributed by atoms with Crippen LogP contribution in [0, 0.1) is 5.92 Å². The molecule has 0 spiro atoms. The molecule has 0 aromatic carbocycles. The average molecular weight is 256 g/mol. The van der Waals surface area contributed by atoms with Gasteiger partial charge in [-0.3, -0.25) is 9.59 Å². The van der Waals surface area contributed by atoms with Crippen LogP contribution >= 0.6 is 0 Å². The number of morpholine rings is 1. The number of amides is 1. The van der Waals surface area contributed by atoms with Crippen LogP contribution < -0.4 is 5.32 Å². The van der Waals surface area contributed by atoms with Gasteiger partial charge in [-0.1, -0.05) is 0 Å². The molecule has 0 radical (unpaired) electrons. The summed E-state index contributed by atoms with van der Waals surface area (Å²) in [6.07, 6.45) is 1.71. The lowest BCUT2D eigenvalue weighted by Gasteiger charge is -2.32. The number of nitrogens with zero attached hydrogens (tertiary/aromatic N) is 1. The summed E-state index contributed by atoms with van der Waals surface area (Å²) >= 11 is 0. The first-order valence-corrected chi connectivity index (χ1v) is 6.49. The molecule has 1 unspecified atom stereocenters. The summed E-state index contributed by atoms with van der Waals surface area (Å²) in [6, 6.07) is 0. The first kappa shape index (κ1) is 13.3. The van der Waals surface area contributed by atoms with Gasteiger partial charge < -0.3 is 20.1 Å². The lowest BCUT2D eigenvalue weighted by Crippen LogP contribution is -2.46. The number of carbonyl (C=O) groups is 2. The highest BCUT2D eigenvalue weighted by atomic mass is 16.5. The Morgan fingerprint density at radius 1 is 1.44 bits per heavy atom. The number of nitrogens with one attached hydrogen (secondary N) is 1. The minimum Gasteiger partial charge on any atom is -0.481 e. The molecule has 2 aliphatic rings. The van der Waals surface area contributed by atoms with Crippen LogP contribution in [0.3, 0.4) is 0 Å². The third-order valence-electron chi connectivity index (χ3n) is 3.53. The van der Waals surface area contributed by atoms with E-state index in [1.165, 1.54) is 0 Å². The van der Waals surface area contributed by atoms with Crippen LogP contribution in [0.5, 0.6) is 0 Å². The number of carboxylic acid groups (broad SMARTS) is 1. The third-order valence-corrected chi connectivity index (χ3v) is 3.53. The van der Waals surface area contributed by atoms with E-state index in [9.17, 15) is 9.59 Å². The van der Waals surface area contributed by atoms with Crippen LogP contribution in [0.2, 0.25) is 0 Å². The largest absolute Gasteiger partial charge is 0.481 e. The van der Waals surface area contributed by atoms with Gasteiger partial charge in [0.1, 0.15) is 0 Å². The van der Waals surface area contributed by atoms with Crippen molar-refractivity contribution >= 4 is 11.9 Å². The zero-order valence-corrected chi connectivity index (χ0v) is 10.4. The van der Waals surface area contributed by atoms with Crippen LogP contribution in [0.1, 0.15) is 19.3 Å². The molecule has 2 rings (SSSR count). The van der Waals surface area contributed by atoms with E-state index in [0.717, 1.165) is 13.0 Å². The summed E-state index contributed by atoms with van der Waals surface area (Å²) in [5.74, 6) is -1.20. The van der Waals surface area contributed by atoms with Crippen LogP contribution in [0.15, 0.2) is 0 Å². The molecule has 2 fully saturated rings. The number of rotatable bonds is 3. The standard InChI is InChI=1S/C12H20N2O4/c15-11(6-10-7-13-3-5-18-10)14-4-1-2-9(8-14)12(16)17/h9-10,13H,1-8H2,(H,16,17)/t9-,10?/m1/s1. The second kappa shape index (κ2) is 6.15. The normalized spacial score (nSPS) is 29.0. The summed E-state index contributed by atoms with van der Waals surface area (Å²) < 4.78 is 5.49. The summed E-state index contributed by atoms with van der Waals surface area (Å²) in [6.45, 7) is 3.17. The first-order chi connectivity index (χ1) is 8.66. The number of carbonyl (C=O) groups excluding carboxylic acids is 1. The van der Waals surface area contributed by atoms with Crippen LogP contribution in [0.4, 0.5) is 0 Å². The molecule has 6 heteroatoms. The van der Waals surface area contributed by atoms with Crippen molar-refractivity contribution in [2.24, 2.45) is 5.92 Å². The van der Waals surface area contributed by atoms with E-state index in [0.29, 0.717) is 39.1 Å². The van der Waals surface area contributed by atoms with Crippen molar-refractivity contribution in [3.63, 3.8) is 0 Å². The van der Waals surface area contributed by atoms with Gasteiger partial charge in [0.15, 0.2) is 0 Å². The molecular formula is C12H20N2O4. The molecule has 1 amide bonds. The van der Waals surface area contributed by atoms with Gasteiger partial charge in [-0.25, -0.2) is 0 Å². The van der Waals surface area contributed by atoms with Crippen molar-refractivity contribution in [2.45, 2.75) is 25.4 Å². The van der Waals surface area contributed by atoms with Gasteiger partial charge in [0.2, 0.25) is 5.91 Å². The first-order valence-electron chi connectivity index (χ1n) is 6.49. The number of piperidine rings is 1.